The number of nitriles is 1. The lowest BCUT2D eigenvalue weighted by Crippen LogP contribution is -2.44. The molecule has 0 aromatic rings. The van der Waals surface area contributed by atoms with Crippen molar-refractivity contribution in [2.24, 2.45) is 11.7 Å². The van der Waals surface area contributed by atoms with Crippen LogP contribution in [0, 0.1) is 17.2 Å². The van der Waals surface area contributed by atoms with Gasteiger partial charge in [0.1, 0.15) is 6.04 Å². The van der Waals surface area contributed by atoms with Crippen molar-refractivity contribution < 1.29 is 14.3 Å². The van der Waals surface area contributed by atoms with Crippen LogP contribution >= 0.6 is 0 Å². The molecule has 3 atom stereocenters. The lowest BCUT2D eigenvalue weighted by Gasteiger charge is -2.17. The molecule has 2 N–H and O–H groups in total. The Labute approximate surface area is 93.9 Å². The molecule has 1 saturated heterocycles. The zero-order chi connectivity index (χ0) is 12.3. The van der Waals surface area contributed by atoms with Gasteiger partial charge in [-0.1, -0.05) is 0 Å². The van der Waals surface area contributed by atoms with Crippen LogP contribution < -0.4 is 5.73 Å². The molecule has 1 aliphatic heterocycles. The van der Waals surface area contributed by atoms with Gasteiger partial charge in [-0.3, -0.25) is 9.59 Å². The van der Waals surface area contributed by atoms with E-state index in [4.69, 9.17) is 15.7 Å². The van der Waals surface area contributed by atoms with Crippen molar-refractivity contribution in [3.05, 3.63) is 0 Å². The van der Waals surface area contributed by atoms with Gasteiger partial charge in [-0.2, -0.15) is 5.26 Å². The summed E-state index contributed by atoms with van der Waals surface area (Å²) >= 11 is 0. The van der Waals surface area contributed by atoms with Gasteiger partial charge in [-0.25, -0.2) is 0 Å². The Bertz CT molecular complexity index is 337. The number of esters is 1. The molecule has 3 unspecified atom stereocenters. The molecular weight excluding hydrogens is 210 g/mol. The maximum atomic E-state index is 11.7. The molecular formula is C10H15N3O3. The third-order valence-electron chi connectivity index (χ3n) is 2.53. The van der Waals surface area contributed by atoms with Crippen LogP contribution in [0.3, 0.4) is 0 Å². The van der Waals surface area contributed by atoms with Crippen molar-refractivity contribution in [1.29, 1.82) is 5.26 Å². The van der Waals surface area contributed by atoms with E-state index in [0.717, 1.165) is 0 Å². The van der Waals surface area contributed by atoms with Crippen LogP contribution in [-0.4, -0.2) is 42.0 Å². The summed E-state index contributed by atoms with van der Waals surface area (Å²) in [7, 11) is 0. The van der Waals surface area contributed by atoms with E-state index in [1.54, 1.807) is 13.8 Å². The van der Waals surface area contributed by atoms with E-state index in [-0.39, 0.29) is 18.6 Å². The molecule has 0 aromatic carbocycles. The summed E-state index contributed by atoms with van der Waals surface area (Å²) in [5.74, 6) is -1.54. The summed E-state index contributed by atoms with van der Waals surface area (Å²) in [6.45, 7) is 3.90. The van der Waals surface area contributed by atoms with Gasteiger partial charge in [-0.15, -0.1) is 0 Å². The molecule has 6 nitrogen and oxygen atoms in total. The Morgan fingerprint density at radius 2 is 2.31 bits per heavy atom. The first kappa shape index (κ1) is 12.5. The van der Waals surface area contributed by atoms with E-state index in [1.807, 2.05) is 6.07 Å². The Morgan fingerprint density at radius 1 is 1.69 bits per heavy atom. The fraction of sp³-hybridized carbons (Fsp3) is 0.700. The molecule has 16 heavy (non-hydrogen) atoms. The molecule has 0 radical (unpaired) electrons. The van der Waals surface area contributed by atoms with Gasteiger partial charge in [0, 0.05) is 0 Å². The molecule has 1 amide bonds. The van der Waals surface area contributed by atoms with Gasteiger partial charge in [0.15, 0.2) is 0 Å². The standard InChI is InChI=1S/C10H15N3O3/c1-3-16-10(15)6(2)8(12)9(14)13-5-7(13)4-11/h6-8H,3,5,12H2,1-2H3. The number of carbonyl (C=O) groups excluding carboxylic acids is 2. The van der Waals surface area contributed by atoms with Crippen molar-refractivity contribution in [3.63, 3.8) is 0 Å². The van der Waals surface area contributed by atoms with E-state index in [0.29, 0.717) is 6.54 Å². The van der Waals surface area contributed by atoms with E-state index in [1.165, 1.54) is 4.90 Å². The number of hydrogen-bond donors (Lipinski definition) is 1. The summed E-state index contributed by atoms with van der Waals surface area (Å²) in [4.78, 5) is 24.4. The van der Waals surface area contributed by atoms with Gasteiger partial charge >= 0.3 is 5.97 Å². The highest BCUT2D eigenvalue weighted by atomic mass is 16.5. The predicted molar refractivity (Wildman–Crippen MR) is 54.9 cm³/mol. The molecule has 1 heterocycles. The Morgan fingerprint density at radius 3 is 2.75 bits per heavy atom. The average Bonchev–Trinajstić information content (AvgIpc) is 3.05. The molecule has 0 saturated carbocycles. The first-order valence-corrected chi connectivity index (χ1v) is 5.15. The SMILES string of the molecule is CCOC(=O)C(C)C(N)C(=O)N1CC1C#N. The van der Waals surface area contributed by atoms with Crippen molar-refractivity contribution in [2.75, 3.05) is 13.2 Å². The van der Waals surface area contributed by atoms with Crippen LogP contribution in [0.2, 0.25) is 0 Å². The first-order chi connectivity index (χ1) is 7.52. The molecule has 1 fully saturated rings. The molecule has 0 bridgehead atoms. The van der Waals surface area contributed by atoms with Crippen molar-refractivity contribution in [1.82, 2.24) is 4.90 Å². The number of hydrogen-bond acceptors (Lipinski definition) is 5. The lowest BCUT2D eigenvalue weighted by molar-refractivity contribution is -0.150. The minimum absolute atomic E-state index is 0.259. The zero-order valence-corrected chi connectivity index (χ0v) is 9.34. The summed E-state index contributed by atoms with van der Waals surface area (Å²) in [5.41, 5.74) is 5.65. The van der Waals surface area contributed by atoms with Crippen LogP contribution in [-0.2, 0) is 14.3 Å². The fourth-order valence-corrected chi connectivity index (χ4v) is 1.32. The summed E-state index contributed by atoms with van der Waals surface area (Å²) in [6, 6.07) is 0.637. The van der Waals surface area contributed by atoms with Crippen molar-refractivity contribution in [2.45, 2.75) is 25.9 Å². The minimum atomic E-state index is -0.933. The second-order valence-electron chi connectivity index (χ2n) is 3.70. The van der Waals surface area contributed by atoms with E-state index in [2.05, 4.69) is 0 Å². The monoisotopic (exact) mass is 225 g/mol. The second-order valence-corrected chi connectivity index (χ2v) is 3.70. The average molecular weight is 225 g/mol. The van der Waals surface area contributed by atoms with Gasteiger partial charge in [0.05, 0.1) is 31.2 Å². The Kier molecular flexibility index (Phi) is 3.85. The molecule has 6 heteroatoms. The highest BCUT2D eigenvalue weighted by Crippen LogP contribution is 2.19. The van der Waals surface area contributed by atoms with Gasteiger partial charge in [0.25, 0.3) is 0 Å². The van der Waals surface area contributed by atoms with Crippen molar-refractivity contribution in [3.8, 4) is 6.07 Å². The second kappa shape index (κ2) is 4.94. The van der Waals surface area contributed by atoms with E-state index in [9.17, 15) is 9.59 Å². The summed E-state index contributed by atoms with van der Waals surface area (Å²) < 4.78 is 4.77. The van der Waals surface area contributed by atoms with E-state index < -0.39 is 17.9 Å². The lowest BCUT2D eigenvalue weighted by atomic mass is 10.0. The number of ether oxygens (including phenoxy) is 1. The highest BCUT2D eigenvalue weighted by Gasteiger charge is 2.43. The van der Waals surface area contributed by atoms with Crippen LogP contribution in [0.1, 0.15) is 13.8 Å². The van der Waals surface area contributed by atoms with Gasteiger partial charge < -0.3 is 15.4 Å². The Balaban J connectivity index is 2.51. The quantitative estimate of drug-likeness (QED) is 0.501. The van der Waals surface area contributed by atoms with Gasteiger partial charge in [-0.05, 0) is 13.8 Å². The van der Waals surface area contributed by atoms with Crippen LogP contribution in [0.5, 0.6) is 0 Å². The molecule has 1 rings (SSSR count). The number of rotatable bonds is 4. The van der Waals surface area contributed by atoms with Crippen LogP contribution in [0.25, 0.3) is 0 Å². The maximum absolute atomic E-state index is 11.7. The topological polar surface area (TPSA) is 96.2 Å². The smallest absolute Gasteiger partial charge is 0.310 e. The van der Waals surface area contributed by atoms with Crippen molar-refractivity contribution >= 4 is 11.9 Å². The van der Waals surface area contributed by atoms with Crippen LogP contribution in [0.4, 0.5) is 0 Å². The maximum Gasteiger partial charge on any atom is 0.310 e. The molecule has 0 aromatic heterocycles. The zero-order valence-electron chi connectivity index (χ0n) is 9.34. The number of amides is 1. The van der Waals surface area contributed by atoms with E-state index >= 15 is 0 Å². The molecule has 88 valence electrons. The molecule has 0 aliphatic carbocycles. The van der Waals surface area contributed by atoms with Gasteiger partial charge in [0.2, 0.25) is 5.91 Å². The molecule has 1 aliphatic rings. The number of nitrogens with zero attached hydrogens (tertiary/aromatic N) is 2. The summed E-state index contributed by atoms with van der Waals surface area (Å²) in [5, 5.41) is 8.56. The molecule has 0 spiro atoms. The summed E-state index contributed by atoms with van der Waals surface area (Å²) in [6.07, 6.45) is 0. The fourth-order valence-electron chi connectivity index (χ4n) is 1.32. The predicted octanol–water partition coefficient (Wildman–Crippen LogP) is -0.753. The number of nitrogens with two attached hydrogens (primary N) is 1. The third kappa shape index (κ3) is 2.49. The third-order valence-corrected chi connectivity index (χ3v) is 2.53. The van der Waals surface area contributed by atoms with Crippen LogP contribution in [0.15, 0.2) is 0 Å². The largest absolute Gasteiger partial charge is 0.466 e. The minimum Gasteiger partial charge on any atom is -0.466 e. The highest BCUT2D eigenvalue weighted by molar-refractivity contribution is 5.89. The number of carbonyl (C=O) groups is 2. The normalized spacial score (nSPS) is 21.9. The first-order valence-electron chi connectivity index (χ1n) is 5.15. The Hall–Kier alpha value is -1.61.